The van der Waals surface area contributed by atoms with Crippen LogP contribution < -0.4 is 20.7 Å². The van der Waals surface area contributed by atoms with E-state index in [1.807, 2.05) is 72.8 Å². The van der Waals surface area contributed by atoms with Gasteiger partial charge < -0.3 is 33.6 Å². The Morgan fingerprint density at radius 1 is 0.667 bits per heavy atom. The molecule has 0 saturated carbocycles. The van der Waals surface area contributed by atoms with Crippen molar-refractivity contribution < 1.29 is 43.2 Å². The molecule has 0 spiro atoms. The molecule has 5 atom stereocenters. The van der Waals surface area contributed by atoms with E-state index in [4.69, 9.17) is 18.3 Å². The highest BCUT2D eigenvalue weighted by molar-refractivity contribution is 7.09. The Kier molecular flexibility index (Phi) is 18.6. The summed E-state index contributed by atoms with van der Waals surface area (Å²) in [4.78, 5) is 23.4. The smallest absolute Gasteiger partial charge is 0.332 e. The van der Waals surface area contributed by atoms with Crippen molar-refractivity contribution in [2.24, 2.45) is 0 Å². The minimum atomic E-state index is -3.46. The highest BCUT2D eigenvalue weighted by atomic mass is 28.4. The summed E-state index contributed by atoms with van der Waals surface area (Å²) < 4.78 is 25.6. The molecule has 0 aliphatic heterocycles. The minimum Gasteiger partial charge on any atom is -0.466 e. The molecule has 0 saturated heterocycles. The lowest BCUT2D eigenvalue weighted by atomic mass is 10.0. The number of aliphatic hydroxyl groups excluding tert-OH is 3. The number of carbonyl (C=O) groups is 2. The first-order valence-electron chi connectivity index (χ1n) is 20.1. The molecule has 5 unspecified atom stereocenters. The van der Waals surface area contributed by atoms with Gasteiger partial charge in [-0.05, 0) is 72.2 Å². The molecule has 4 aromatic carbocycles. The fraction of sp³-hybridized carbons (Fsp3) is 0.391. The molecule has 4 aromatic rings. The van der Waals surface area contributed by atoms with E-state index in [-0.39, 0.29) is 12.6 Å². The second kappa shape index (κ2) is 23.3. The first-order chi connectivity index (χ1) is 27.5. The molecule has 0 aromatic heterocycles. The van der Waals surface area contributed by atoms with Gasteiger partial charge in [-0.3, -0.25) is 4.79 Å². The van der Waals surface area contributed by atoms with Crippen LogP contribution in [-0.2, 0) is 27.9 Å². The first-order valence-corrected chi connectivity index (χ1v) is 24.2. The van der Waals surface area contributed by atoms with Crippen molar-refractivity contribution in [1.82, 2.24) is 0 Å². The Morgan fingerprint density at radius 3 is 1.51 bits per heavy atom. The third-order valence-electron chi connectivity index (χ3n) is 10.3. The Morgan fingerprint density at radius 2 is 1.09 bits per heavy atom. The summed E-state index contributed by atoms with van der Waals surface area (Å²) in [6.07, 6.45) is 1.89. The predicted octanol–water partition coefficient (Wildman–Crippen LogP) is 5.31. The second-order valence-electron chi connectivity index (χ2n) is 14.5. The molecule has 0 aliphatic carbocycles. The molecule has 4 rings (SSSR count). The number of hydrogen-bond acceptors (Lipinski definition) is 9. The number of rotatable bonds is 25. The predicted molar refractivity (Wildman–Crippen MR) is 230 cm³/mol. The Balaban J connectivity index is 1.71. The number of hydrogen-bond donors (Lipinski definition) is 3. The molecule has 0 bridgehead atoms. The fourth-order valence-electron chi connectivity index (χ4n) is 7.49. The lowest BCUT2D eigenvalue weighted by molar-refractivity contribution is -0.173. The summed E-state index contributed by atoms with van der Waals surface area (Å²) in [6.45, 7) is 8.84. The second-order valence-corrected chi connectivity index (χ2v) is 21.9. The summed E-state index contributed by atoms with van der Waals surface area (Å²) in [5, 5.41) is 36.5. The van der Waals surface area contributed by atoms with Gasteiger partial charge in [0.05, 0.1) is 30.6 Å². The highest BCUT2D eigenvalue weighted by Gasteiger charge is 2.55. The summed E-state index contributed by atoms with van der Waals surface area (Å²) in [5.41, 5.74) is -0.485. The van der Waals surface area contributed by atoms with Crippen LogP contribution in [0, 0.1) is 0 Å². The van der Waals surface area contributed by atoms with Crippen LogP contribution in [0.15, 0.2) is 134 Å². The van der Waals surface area contributed by atoms with Gasteiger partial charge in [0.25, 0.3) is 8.32 Å². The molecule has 306 valence electrons. The molecule has 0 radical (unpaired) electrons. The van der Waals surface area contributed by atoms with Crippen LogP contribution in [0.4, 0.5) is 0 Å². The first kappa shape index (κ1) is 45.5. The van der Waals surface area contributed by atoms with E-state index in [0.717, 1.165) is 26.8 Å². The van der Waals surface area contributed by atoms with Gasteiger partial charge in [0.1, 0.15) is 0 Å². The van der Waals surface area contributed by atoms with E-state index in [1.165, 1.54) is 6.92 Å². The van der Waals surface area contributed by atoms with Gasteiger partial charge in [0.2, 0.25) is 14.6 Å². The third-order valence-corrected chi connectivity index (χ3v) is 20.4. The molecular weight excluding hydrogens is 753 g/mol. The molecule has 0 fully saturated rings. The summed E-state index contributed by atoms with van der Waals surface area (Å²) in [7, 11) is -6.70. The van der Waals surface area contributed by atoms with Gasteiger partial charge in [-0.15, -0.1) is 0 Å². The minimum absolute atomic E-state index is 0.141. The number of benzene rings is 4. The largest absolute Gasteiger partial charge is 0.466 e. The Bertz CT molecular complexity index is 1680. The van der Waals surface area contributed by atoms with Gasteiger partial charge >= 0.3 is 11.9 Å². The monoisotopic (exact) mass is 812 g/mol. The normalized spacial score (nSPS) is 14.5. The van der Waals surface area contributed by atoms with E-state index in [2.05, 4.69) is 62.0 Å². The van der Waals surface area contributed by atoms with Crippen LogP contribution in [0.25, 0.3) is 0 Å². The van der Waals surface area contributed by atoms with Crippen LogP contribution in [0.5, 0.6) is 0 Å². The standard InChI is InChI=1S/C46H60O9Si2/c1-5-45(51)53-37(4)54-46(6-2)57(43-25-15-9-16-26-43,44-27-17-10-18-28-44)55-56(41-21-11-7-12-22-41,42-23-13-8-14-24-42)35-19-20-38(48)29-30-39(49)31-32-40(50)33-34-52-36(3)47/h5,7-18,21-28,37-40,46,48-50H,1,6,19-20,29-35H2,2-4H3. The lowest BCUT2D eigenvalue weighted by Gasteiger charge is -2.47. The molecule has 57 heavy (non-hydrogen) atoms. The van der Waals surface area contributed by atoms with Crippen molar-refractivity contribution in [2.75, 3.05) is 6.61 Å². The number of aliphatic hydroxyl groups is 3. The topological polar surface area (TPSA) is 132 Å². The van der Waals surface area contributed by atoms with Crippen molar-refractivity contribution in [3.8, 4) is 0 Å². The molecule has 0 heterocycles. The van der Waals surface area contributed by atoms with Crippen molar-refractivity contribution in [3.05, 3.63) is 134 Å². The van der Waals surface area contributed by atoms with Crippen LogP contribution in [0.1, 0.15) is 72.1 Å². The average Bonchev–Trinajstić information content (AvgIpc) is 3.23. The quantitative estimate of drug-likeness (QED) is 0.0353. The molecule has 11 heteroatoms. The summed E-state index contributed by atoms with van der Waals surface area (Å²) in [6, 6.07) is 42.0. The maximum atomic E-state index is 12.4. The summed E-state index contributed by atoms with van der Waals surface area (Å²) in [5.74, 6) is -0.955. The number of ether oxygens (including phenoxy) is 3. The molecule has 9 nitrogen and oxygen atoms in total. The number of carbonyl (C=O) groups excluding carboxylic acids is 2. The highest BCUT2D eigenvalue weighted by Crippen LogP contribution is 2.29. The molecule has 0 aliphatic rings. The van der Waals surface area contributed by atoms with Crippen LogP contribution >= 0.6 is 0 Å². The van der Waals surface area contributed by atoms with E-state index in [9.17, 15) is 24.9 Å². The zero-order valence-corrected chi connectivity index (χ0v) is 35.6. The fourth-order valence-corrected chi connectivity index (χ4v) is 19.0. The zero-order chi connectivity index (χ0) is 41.1. The van der Waals surface area contributed by atoms with Gasteiger partial charge in [0, 0.05) is 19.4 Å². The van der Waals surface area contributed by atoms with Gasteiger partial charge in [0.15, 0.2) is 0 Å². The van der Waals surface area contributed by atoms with Crippen molar-refractivity contribution in [3.63, 3.8) is 0 Å². The third kappa shape index (κ3) is 13.2. The Hall–Kier alpha value is -4.21. The molecular formula is C46H60O9Si2. The number of esters is 2. The van der Waals surface area contributed by atoms with E-state index < -0.39 is 52.9 Å². The van der Waals surface area contributed by atoms with Crippen LogP contribution in [0.3, 0.4) is 0 Å². The van der Waals surface area contributed by atoms with E-state index in [1.54, 1.807) is 6.92 Å². The molecule has 3 N–H and O–H groups in total. The van der Waals surface area contributed by atoms with Gasteiger partial charge in [-0.25, -0.2) is 4.79 Å². The zero-order valence-electron chi connectivity index (χ0n) is 33.6. The SMILES string of the molecule is C=CC(=O)OC(C)OC(CC)[Si](O[Si](CCCC(O)CCC(O)CCC(O)CCOC(C)=O)(c1ccccc1)c1ccccc1)(c1ccccc1)c1ccccc1. The van der Waals surface area contributed by atoms with Crippen LogP contribution in [-0.4, -0.2) is 80.8 Å². The van der Waals surface area contributed by atoms with E-state index >= 15 is 0 Å². The van der Waals surface area contributed by atoms with Crippen molar-refractivity contribution in [2.45, 2.75) is 109 Å². The maximum absolute atomic E-state index is 12.4. The molecule has 0 amide bonds. The maximum Gasteiger partial charge on any atom is 0.332 e. The van der Waals surface area contributed by atoms with Crippen LogP contribution in [0.2, 0.25) is 6.04 Å². The van der Waals surface area contributed by atoms with Crippen molar-refractivity contribution >= 4 is 49.3 Å². The van der Waals surface area contributed by atoms with E-state index in [0.29, 0.717) is 57.4 Å². The summed E-state index contributed by atoms with van der Waals surface area (Å²) >= 11 is 0. The van der Waals surface area contributed by atoms with Gasteiger partial charge in [-0.1, -0.05) is 141 Å². The lowest BCUT2D eigenvalue weighted by Crippen LogP contribution is -2.77. The van der Waals surface area contributed by atoms with Crippen molar-refractivity contribution in [1.29, 1.82) is 0 Å². The average molecular weight is 813 g/mol. The Labute approximate surface area is 340 Å². The van der Waals surface area contributed by atoms with Gasteiger partial charge in [-0.2, -0.15) is 0 Å².